The summed E-state index contributed by atoms with van der Waals surface area (Å²) in [7, 11) is 0. The van der Waals surface area contributed by atoms with Crippen molar-refractivity contribution in [3.05, 3.63) is 0 Å². The second kappa shape index (κ2) is 21.8. The number of rotatable bonds is 12. The summed E-state index contributed by atoms with van der Waals surface area (Å²) < 4.78 is 0. The molecule has 0 bridgehead atoms. The Morgan fingerprint density at radius 1 is 0.619 bits per heavy atom. The number of carbonyl (C=O) groups is 2. The average molecular weight is 343 g/mol. The van der Waals surface area contributed by atoms with Crippen molar-refractivity contribution < 1.29 is 36.9 Å². The summed E-state index contributed by atoms with van der Waals surface area (Å²) in [4.78, 5) is 20.1. The Labute approximate surface area is 140 Å². The molecule has 0 rings (SSSR count). The summed E-state index contributed by atoms with van der Waals surface area (Å²) in [6.07, 6.45) is 11.8. The molecule has 0 atom stereocenters. The van der Waals surface area contributed by atoms with Gasteiger partial charge in [-0.25, -0.2) is 0 Å². The fraction of sp³-hybridized carbons (Fsp3) is 0.875. The van der Waals surface area contributed by atoms with Crippen molar-refractivity contribution >= 4 is 11.9 Å². The molecule has 0 aliphatic heterocycles. The van der Waals surface area contributed by atoms with Gasteiger partial charge >= 0.3 is 11.9 Å². The van der Waals surface area contributed by atoms with Crippen LogP contribution >= 0.6 is 0 Å². The van der Waals surface area contributed by atoms with Crippen LogP contribution in [0.2, 0.25) is 0 Å². The molecule has 21 heavy (non-hydrogen) atoms. The van der Waals surface area contributed by atoms with Crippen LogP contribution in [0, 0.1) is 0 Å². The van der Waals surface area contributed by atoms with Gasteiger partial charge in [-0.15, -0.1) is 0 Å². The molecule has 2 N–H and O–H groups in total. The fourth-order valence-electron chi connectivity index (χ4n) is 1.76. The third kappa shape index (κ3) is 32.7. The molecular weight excluding hydrogens is 311 g/mol. The van der Waals surface area contributed by atoms with Gasteiger partial charge in [-0.1, -0.05) is 65.2 Å². The molecule has 0 unspecified atom stereocenters. The third-order valence-electron chi connectivity index (χ3n) is 2.99. The normalized spacial score (nSPS) is 9.24. The van der Waals surface area contributed by atoms with Crippen molar-refractivity contribution in [3.8, 4) is 0 Å². The van der Waals surface area contributed by atoms with E-state index in [1.54, 1.807) is 0 Å². The Morgan fingerprint density at radius 3 is 1.14 bits per heavy atom. The summed E-state index contributed by atoms with van der Waals surface area (Å²) in [5.41, 5.74) is 0. The summed E-state index contributed by atoms with van der Waals surface area (Å²) in [5.74, 6) is -1.34. The minimum Gasteiger partial charge on any atom is -0.481 e. The molecule has 1 radical (unpaired) electrons. The number of aliphatic carboxylic acids is 2. The molecule has 0 aliphatic rings. The SMILES string of the molecule is CCCCCCCC(=O)O.CCCCCCCC(=O)O.[Mn]. The fourth-order valence-corrected chi connectivity index (χ4v) is 1.76. The van der Waals surface area contributed by atoms with Crippen LogP contribution in [-0.4, -0.2) is 22.2 Å². The van der Waals surface area contributed by atoms with E-state index in [1.165, 1.54) is 38.5 Å². The van der Waals surface area contributed by atoms with Gasteiger partial charge in [0, 0.05) is 29.9 Å². The first-order valence-corrected chi connectivity index (χ1v) is 7.98. The van der Waals surface area contributed by atoms with Gasteiger partial charge in [-0.05, 0) is 12.8 Å². The summed E-state index contributed by atoms with van der Waals surface area (Å²) in [5, 5.41) is 16.5. The Kier molecular flexibility index (Phi) is 26.3. The van der Waals surface area contributed by atoms with E-state index in [2.05, 4.69) is 13.8 Å². The molecule has 4 nitrogen and oxygen atoms in total. The molecular formula is C16H32MnO4. The standard InChI is InChI=1S/2C8H16O2.Mn/c2*1-2-3-4-5-6-7-8(9)10;/h2*2-7H2,1H3,(H,9,10);. The Morgan fingerprint density at radius 2 is 0.905 bits per heavy atom. The van der Waals surface area contributed by atoms with Gasteiger partial charge < -0.3 is 10.2 Å². The molecule has 5 heteroatoms. The Balaban J connectivity index is -0.000000295. The monoisotopic (exact) mass is 343 g/mol. The number of carboxylic acid groups (broad SMARTS) is 2. The molecule has 0 spiro atoms. The van der Waals surface area contributed by atoms with Crippen molar-refractivity contribution in [2.24, 2.45) is 0 Å². The number of carboxylic acids is 2. The van der Waals surface area contributed by atoms with E-state index < -0.39 is 11.9 Å². The molecule has 0 saturated carbocycles. The largest absolute Gasteiger partial charge is 0.481 e. The average Bonchev–Trinajstić information content (AvgIpc) is 2.38. The van der Waals surface area contributed by atoms with Gasteiger partial charge in [0.15, 0.2) is 0 Å². The number of unbranched alkanes of at least 4 members (excludes halogenated alkanes) is 8. The first kappa shape index (κ1) is 25.4. The maximum atomic E-state index is 10.0. The summed E-state index contributed by atoms with van der Waals surface area (Å²) in [6, 6.07) is 0. The first-order chi connectivity index (χ1) is 9.54. The second-order valence-corrected chi connectivity index (χ2v) is 5.12. The van der Waals surface area contributed by atoms with Crippen molar-refractivity contribution in [2.45, 2.75) is 90.9 Å². The summed E-state index contributed by atoms with van der Waals surface area (Å²) >= 11 is 0. The van der Waals surface area contributed by atoms with Crippen LogP contribution < -0.4 is 0 Å². The molecule has 0 fully saturated rings. The van der Waals surface area contributed by atoms with E-state index in [-0.39, 0.29) is 17.1 Å². The second-order valence-electron chi connectivity index (χ2n) is 5.12. The quantitative estimate of drug-likeness (QED) is 0.392. The van der Waals surface area contributed by atoms with Crippen LogP contribution in [0.15, 0.2) is 0 Å². The van der Waals surface area contributed by atoms with Gasteiger partial charge in [0.1, 0.15) is 0 Å². The van der Waals surface area contributed by atoms with Crippen molar-refractivity contribution in [2.75, 3.05) is 0 Å². The van der Waals surface area contributed by atoms with E-state index in [4.69, 9.17) is 10.2 Å². The Hall–Kier alpha value is -0.541. The molecule has 0 aromatic rings. The molecule has 0 aliphatic carbocycles. The molecule has 0 saturated heterocycles. The Bertz CT molecular complexity index is 208. The zero-order chi connectivity index (χ0) is 15.6. The first-order valence-electron chi connectivity index (χ1n) is 7.98. The van der Waals surface area contributed by atoms with Gasteiger partial charge in [-0.3, -0.25) is 9.59 Å². The van der Waals surface area contributed by atoms with Crippen LogP contribution in [-0.2, 0) is 26.7 Å². The predicted molar refractivity (Wildman–Crippen MR) is 82.0 cm³/mol. The minimum absolute atomic E-state index is 0. The van der Waals surface area contributed by atoms with Gasteiger partial charge in [0.2, 0.25) is 0 Å². The zero-order valence-corrected chi connectivity index (χ0v) is 14.8. The van der Waals surface area contributed by atoms with Crippen LogP contribution in [0.5, 0.6) is 0 Å². The van der Waals surface area contributed by atoms with E-state index in [1.807, 2.05) is 0 Å². The molecule has 0 aromatic carbocycles. The van der Waals surface area contributed by atoms with Crippen LogP contribution in [0.3, 0.4) is 0 Å². The number of hydrogen-bond acceptors (Lipinski definition) is 2. The van der Waals surface area contributed by atoms with E-state index >= 15 is 0 Å². The van der Waals surface area contributed by atoms with Crippen molar-refractivity contribution in [1.82, 2.24) is 0 Å². The smallest absolute Gasteiger partial charge is 0.303 e. The van der Waals surface area contributed by atoms with E-state index in [0.717, 1.165) is 25.7 Å². The third-order valence-corrected chi connectivity index (χ3v) is 2.99. The molecule has 0 heterocycles. The maximum absolute atomic E-state index is 10.0. The van der Waals surface area contributed by atoms with Crippen LogP contribution in [0.4, 0.5) is 0 Å². The van der Waals surface area contributed by atoms with Gasteiger partial charge in [0.05, 0.1) is 0 Å². The van der Waals surface area contributed by atoms with Crippen LogP contribution in [0.25, 0.3) is 0 Å². The summed E-state index contributed by atoms with van der Waals surface area (Å²) in [6.45, 7) is 4.30. The number of hydrogen-bond donors (Lipinski definition) is 2. The van der Waals surface area contributed by atoms with Crippen molar-refractivity contribution in [3.63, 3.8) is 0 Å². The maximum Gasteiger partial charge on any atom is 0.303 e. The zero-order valence-electron chi connectivity index (χ0n) is 13.6. The predicted octanol–water partition coefficient (Wildman–Crippen LogP) is 4.86. The molecule has 127 valence electrons. The topological polar surface area (TPSA) is 74.6 Å². The van der Waals surface area contributed by atoms with Gasteiger partial charge in [-0.2, -0.15) is 0 Å². The van der Waals surface area contributed by atoms with E-state index in [9.17, 15) is 9.59 Å². The van der Waals surface area contributed by atoms with Crippen molar-refractivity contribution in [1.29, 1.82) is 0 Å². The molecule has 0 amide bonds. The minimum atomic E-state index is -0.670. The molecule has 0 aromatic heterocycles. The van der Waals surface area contributed by atoms with E-state index in [0.29, 0.717) is 12.8 Å². The van der Waals surface area contributed by atoms with Gasteiger partial charge in [0.25, 0.3) is 0 Å². The van der Waals surface area contributed by atoms with Crippen LogP contribution in [0.1, 0.15) is 90.9 Å².